The lowest BCUT2D eigenvalue weighted by Gasteiger charge is -2.14. The Kier molecular flexibility index (Phi) is 4.19. The van der Waals surface area contributed by atoms with Crippen LogP contribution in [0.1, 0.15) is 25.4 Å². The van der Waals surface area contributed by atoms with E-state index in [9.17, 15) is 8.78 Å². The first-order valence-corrected chi connectivity index (χ1v) is 7.60. The lowest BCUT2D eigenvalue weighted by atomic mass is 10.1. The van der Waals surface area contributed by atoms with E-state index in [0.29, 0.717) is 28.2 Å². The molecule has 3 aromatic heterocycles. The number of halogens is 2. The normalized spacial score (nSPS) is 11.6. The predicted molar refractivity (Wildman–Crippen MR) is 91.8 cm³/mol. The van der Waals surface area contributed by atoms with Crippen molar-refractivity contribution in [3.8, 4) is 17.3 Å². The Balaban J connectivity index is 2.04. The summed E-state index contributed by atoms with van der Waals surface area (Å²) in [4.78, 5) is 15.8. The fourth-order valence-corrected chi connectivity index (χ4v) is 2.24. The van der Waals surface area contributed by atoms with Gasteiger partial charge in [0.15, 0.2) is 0 Å². The van der Waals surface area contributed by atoms with Crippen molar-refractivity contribution in [3.63, 3.8) is 0 Å². The number of aryl methyl sites for hydroxylation is 1. The lowest BCUT2D eigenvalue weighted by molar-refractivity contribution is 0.00766. The van der Waals surface area contributed by atoms with Crippen molar-refractivity contribution in [2.75, 3.05) is 5.32 Å². The summed E-state index contributed by atoms with van der Waals surface area (Å²) in [6, 6.07) is 8.19. The Morgan fingerprint density at radius 1 is 1.23 bits per heavy atom. The van der Waals surface area contributed by atoms with Gasteiger partial charge in [-0.3, -0.25) is 9.97 Å². The molecule has 0 unspecified atom stereocenters. The summed E-state index contributed by atoms with van der Waals surface area (Å²) in [6.07, 6.45) is 2.85. The molecule has 0 amide bonds. The van der Waals surface area contributed by atoms with Gasteiger partial charge in [0.1, 0.15) is 11.9 Å². The Bertz CT molecular complexity index is 1030. The number of pyridine rings is 2. The molecular weight excluding hydrogens is 338 g/mol. The molecule has 0 aliphatic heterocycles. The van der Waals surface area contributed by atoms with Crippen LogP contribution in [0.5, 0.6) is 0 Å². The second-order valence-electron chi connectivity index (χ2n) is 5.63. The zero-order valence-corrected chi connectivity index (χ0v) is 14.0. The Morgan fingerprint density at radius 3 is 2.69 bits per heavy atom. The molecule has 3 aromatic rings. The second kappa shape index (κ2) is 6.80. The van der Waals surface area contributed by atoms with Gasteiger partial charge in [-0.2, -0.15) is 14.0 Å². The molecule has 26 heavy (non-hydrogen) atoms. The van der Waals surface area contributed by atoms with Crippen LogP contribution in [0.3, 0.4) is 0 Å². The number of nitriles is 1. The summed E-state index contributed by atoms with van der Waals surface area (Å²) in [5.41, 5.74) is 2.25. The fraction of sp³-hybridized carbons (Fsp3) is 0.167. The average molecular weight is 353 g/mol. The molecule has 0 spiro atoms. The monoisotopic (exact) mass is 353 g/mol. The number of hydrogen-bond donors (Lipinski definition) is 1. The van der Waals surface area contributed by atoms with Gasteiger partial charge < -0.3 is 5.32 Å². The predicted octanol–water partition coefficient (Wildman–Crippen LogP) is 3.97. The Hall–Kier alpha value is -3.47. The minimum Gasteiger partial charge on any atom is -0.339 e. The van der Waals surface area contributed by atoms with Crippen molar-refractivity contribution >= 4 is 11.5 Å². The van der Waals surface area contributed by atoms with Crippen LogP contribution in [0.25, 0.3) is 11.3 Å². The first kappa shape index (κ1) is 16.0. The smallest absolute Gasteiger partial charge is 0.303 e. The molecule has 6 nitrogen and oxygen atoms in total. The molecule has 130 valence electrons. The van der Waals surface area contributed by atoms with Crippen molar-refractivity contribution in [1.82, 2.24) is 19.9 Å². The van der Waals surface area contributed by atoms with Gasteiger partial charge in [-0.1, -0.05) is 0 Å². The van der Waals surface area contributed by atoms with Crippen LogP contribution in [-0.2, 0) is 5.92 Å². The molecule has 3 rings (SSSR count). The highest BCUT2D eigenvalue weighted by molar-refractivity contribution is 5.77. The summed E-state index contributed by atoms with van der Waals surface area (Å²) in [6.45, 7) is 2.32. The SMILES string of the molecule is [2H]c1cc(Nc2cc(C)nc(C(C)(F)F)n2)c(-c2ccc(C#N)cn2)cn1. The summed E-state index contributed by atoms with van der Waals surface area (Å²) in [5.74, 6) is -3.61. The van der Waals surface area contributed by atoms with Crippen LogP contribution < -0.4 is 5.32 Å². The van der Waals surface area contributed by atoms with E-state index in [1.54, 1.807) is 19.1 Å². The maximum atomic E-state index is 13.6. The van der Waals surface area contributed by atoms with E-state index in [4.69, 9.17) is 6.63 Å². The standard InChI is InChI=1S/C18H14F2N6/c1-11-7-16(26-17(24-11)18(2,19)20)25-15-5-6-22-10-13(15)14-4-3-12(8-21)9-23-14/h3-7,9-10H,1-2H3,(H,22,24,25,26)/i6D. The molecule has 0 radical (unpaired) electrons. The molecule has 0 atom stereocenters. The zero-order chi connectivity index (χ0) is 19.6. The minimum atomic E-state index is -3.18. The average Bonchev–Trinajstić information content (AvgIpc) is 2.61. The van der Waals surface area contributed by atoms with Gasteiger partial charge >= 0.3 is 5.92 Å². The minimum absolute atomic E-state index is 0.0123. The topological polar surface area (TPSA) is 87.4 Å². The van der Waals surface area contributed by atoms with Crippen molar-refractivity contribution < 1.29 is 10.2 Å². The highest BCUT2D eigenvalue weighted by Gasteiger charge is 2.29. The number of hydrogen-bond acceptors (Lipinski definition) is 6. The molecule has 8 heteroatoms. The highest BCUT2D eigenvalue weighted by atomic mass is 19.3. The quantitative estimate of drug-likeness (QED) is 0.764. The molecule has 0 aliphatic rings. The molecule has 0 bridgehead atoms. The number of aromatic nitrogens is 4. The number of nitrogens with one attached hydrogen (secondary N) is 1. The third kappa shape index (κ3) is 3.78. The van der Waals surface area contributed by atoms with Gasteiger partial charge in [-0.05, 0) is 25.1 Å². The lowest BCUT2D eigenvalue weighted by Crippen LogP contribution is -2.14. The van der Waals surface area contributed by atoms with Crippen LogP contribution in [0, 0.1) is 18.3 Å². The molecule has 0 saturated heterocycles. The number of anilines is 2. The fourth-order valence-electron chi connectivity index (χ4n) is 2.24. The molecule has 3 heterocycles. The van der Waals surface area contributed by atoms with Crippen LogP contribution in [0.4, 0.5) is 20.3 Å². The summed E-state index contributed by atoms with van der Waals surface area (Å²) in [7, 11) is 0. The third-order valence-electron chi connectivity index (χ3n) is 3.45. The second-order valence-corrected chi connectivity index (χ2v) is 5.63. The molecule has 0 aromatic carbocycles. The zero-order valence-electron chi connectivity index (χ0n) is 15.0. The molecule has 0 aliphatic carbocycles. The molecular formula is C18H14F2N6. The van der Waals surface area contributed by atoms with E-state index in [1.807, 2.05) is 6.07 Å². The van der Waals surface area contributed by atoms with Gasteiger partial charge in [-0.25, -0.2) is 9.97 Å². The molecule has 1 N–H and O–H groups in total. The first-order valence-electron chi connectivity index (χ1n) is 8.10. The van der Waals surface area contributed by atoms with Gasteiger partial charge in [0.25, 0.3) is 0 Å². The van der Waals surface area contributed by atoms with Crippen LogP contribution in [0.2, 0.25) is 0 Å². The van der Waals surface area contributed by atoms with Crippen LogP contribution >= 0.6 is 0 Å². The van der Waals surface area contributed by atoms with Crippen LogP contribution in [0.15, 0.2) is 42.8 Å². The van der Waals surface area contributed by atoms with Gasteiger partial charge in [0.05, 0.1) is 18.3 Å². The van der Waals surface area contributed by atoms with Crippen molar-refractivity contribution in [1.29, 1.82) is 5.26 Å². The highest BCUT2D eigenvalue weighted by Crippen LogP contribution is 2.29. The van der Waals surface area contributed by atoms with E-state index < -0.39 is 11.7 Å². The third-order valence-corrected chi connectivity index (χ3v) is 3.45. The van der Waals surface area contributed by atoms with Gasteiger partial charge in [-0.15, -0.1) is 0 Å². The number of alkyl halides is 2. The van der Waals surface area contributed by atoms with Gasteiger partial charge in [0.2, 0.25) is 5.82 Å². The molecule has 0 fully saturated rings. The van der Waals surface area contributed by atoms with Crippen LogP contribution in [-0.4, -0.2) is 19.9 Å². The van der Waals surface area contributed by atoms with Crippen molar-refractivity contribution in [2.24, 2.45) is 0 Å². The van der Waals surface area contributed by atoms with Gasteiger partial charge in [0, 0.05) is 42.8 Å². The maximum Gasteiger partial charge on any atom is 0.303 e. The van der Waals surface area contributed by atoms with Crippen molar-refractivity contribution in [2.45, 2.75) is 19.8 Å². The summed E-state index contributed by atoms with van der Waals surface area (Å²) < 4.78 is 34.9. The first-order chi connectivity index (χ1) is 12.8. The Morgan fingerprint density at radius 2 is 2.04 bits per heavy atom. The summed E-state index contributed by atoms with van der Waals surface area (Å²) >= 11 is 0. The number of rotatable bonds is 4. The van der Waals surface area contributed by atoms with E-state index in [-0.39, 0.29) is 12.0 Å². The maximum absolute atomic E-state index is 13.6. The van der Waals surface area contributed by atoms with Crippen molar-refractivity contribution in [3.05, 3.63) is 59.9 Å². The number of nitrogens with zero attached hydrogens (tertiary/aromatic N) is 5. The Labute approximate surface area is 150 Å². The van der Waals surface area contributed by atoms with E-state index >= 15 is 0 Å². The largest absolute Gasteiger partial charge is 0.339 e. The van der Waals surface area contributed by atoms with E-state index in [1.165, 1.54) is 24.5 Å². The summed E-state index contributed by atoms with van der Waals surface area (Å²) in [5, 5.41) is 11.8. The molecule has 0 saturated carbocycles. The van der Waals surface area contributed by atoms with E-state index in [0.717, 1.165) is 6.92 Å². The van der Waals surface area contributed by atoms with E-state index in [2.05, 4.69) is 25.3 Å².